The van der Waals surface area contributed by atoms with Crippen molar-refractivity contribution in [2.24, 2.45) is 0 Å². The first kappa shape index (κ1) is 16.3. The van der Waals surface area contributed by atoms with Gasteiger partial charge in [-0.25, -0.2) is 0 Å². The van der Waals surface area contributed by atoms with E-state index in [1.54, 1.807) is 24.5 Å². The van der Waals surface area contributed by atoms with Crippen LogP contribution < -0.4 is 4.90 Å². The van der Waals surface area contributed by atoms with Gasteiger partial charge in [-0.05, 0) is 49.7 Å². The summed E-state index contributed by atoms with van der Waals surface area (Å²) in [5, 5.41) is 9.39. The number of nitrogens with zero attached hydrogens (tertiary/aromatic N) is 3. The number of amides is 1. The molecule has 1 amide bonds. The average Bonchev–Trinajstić information content (AvgIpc) is 2.62. The molecule has 0 radical (unpaired) electrons. The highest BCUT2D eigenvalue weighted by atomic mass is 16.3. The topological polar surface area (TPSA) is 56.7 Å². The summed E-state index contributed by atoms with van der Waals surface area (Å²) in [7, 11) is 0. The first-order valence-electron chi connectivity index (χ1n) is 8.22. The summed E-state index contributed by atoms with van der Waals surface area (Å²) in [6, 6.07) is 11.0. The van der Waals surface area contributed by atoms with Crippen LogP contribution in [-0.2, 0) is 10.2 Å². The number of phenols is 1. The van der Waals surface area contributed by atoms with E-state index in [0.717, 1.165) is 24.3 Å². The molecule has 1 aromatic carbocycles. The van der Waals surface area contributed by atoms with Gasteiger partial charge in [0.2, 0.25) is 5.91 Å². The second-order valence-corrected chi connectivity index (χ2v) is 6.66. The molecule has 1 aliphatic heterocycles. The lowest BCUT2D eigenvalue weighted by Crippen LogP contribution is -2.53. The fraction of sp³-hybridized carbons (Fsp3) is 0.368. The van der Waals surface area contributed by atoms with Gasteiger partial charge in [0, 0.05) is 44.3 Å². The van der Waals surface area contributed by atoms with Crippen molar-refractivity contribution in [1.29, 1.82) is 0 Å². The quantitative estimate of drug-likeness (QED) is 0.941. The number of aromatic nitrogens is 1. The van der Waals surface area contributed by atoms with Crippen molar-refractivity contribution in [3.05, 3.63) is 54.4 Å². The van der Waals surface area contributed by atoms with Gasteiger partial charge in [-0.15, -0.1) is 0 Å². The molecule has 0 bridgehead atoms. The Hall–Kier alpha value is -2.56. The monoisotopic (exact) mass is 325 g/mol. The minimum atomic E-state index is -0.574. The van der Waals surface area contributed by atoms with Crippen LogP contribution in [0, 0.1) is 0 Å². The Morgan fingerprint density at radius 1 is 1.08 bits per heavy atom. The van der Waals surface area contributed by atoms with Crippen molar-refractivity contribution in [2.45, 2.75) is 19.3 Å². The Morgan fingerprint density at radius 2 is 1.75 bits per heavy atom. The average molecular weight is 325 g/mol. The molecule has 0 aliphatic carbocycles. The standard InChI is InChI=1S/C19H23N3O2/c1-19(2,15-4-3-9-20-14-15)18(24)22-12-10-21(11-13-22)16-5-7-17(23)8-6-16/h3-9,14,23H,10-13H2,1-2H3. The van der Waals surface area contributed by atoms with Crippen LogP contribution in [0.5, 0.6) is 5.75 Å². The second-order valence-electron chi connectivity index (χ2n) is 6.66. The first-order valence-corrected chi connectivity index (χ1v) is 8.22. The van der Waals surface area contributed by atoms with Crippen molar-refractivity contribution in [3.8, 4) is 5.75 Å². The molecule has 2 aromatic rings. The summed E-state index contributed by atoms with van der Waals surface area (Å²) >= 11 is 0. The zero-order valence-corrected chi connectivity index (χ0v) is 14.1. The highest BCUT2D eigenvalue weighted by Crippen LogP contribution is 2.26. The largest absolute Gasteiger partial charge is 0.508 e. The van der Waals surface area contributed by atoms with E-state index >= 15 is 0 Å². The number of anilines is 1. The van der Waals surface area contributed by atoms with Crippen LogP contribution >= 0.6 is 0 Å². The lowest BCUT2D eigenvalue weighted by molar-refractivity contribution is -0.136. The molecule has 1 N–H and O–H groups in total. The molecule has 3 rings (SSSR count). The SMILES string of the molecule is CC(C)(C(=O)N1CCN(c2ccc(O)cc2)CC1)c1cccnc1. The molecule has 5 heteroatoms. The number of phenolic OH excluding ortho intramolecular Hbond substituents is 1. The molecule has 1 fully saturated rings. The van der Waals surface area contributed by atoms with E-state index < -0.39 is 5.41 Å². The first-order chi connectivity index (χ1) is 11.5. The van der Waals surface area contributed by atoms with E-state index in [0.29, 0.717) is 13.1 Å². The van der Waals surface area contributed by atoms with Crippen LogP contribution in [0.2, 0.25) is 0 Å². The maximum absolute atomic E-state index is 13.0. The molecule has 0 saturated carbocycles. The van der Waals surface area contributed by atoms with Gasteiger partial charge in [0.05, 0.1) is 5.41 Å². The highest BCUT2D eigenvalue weighted by molar-refractivity contribution is 5.87. The minimum absolute atomic E-state index is 0.140. The predicted molar refractivity (Wildman–Crippen MR) is 94.2 cm³/mol. The number of pyridine rings is 1. The molecule has 24 heavy (non-hydrogen) atoms. The van der Waals surface area contributed by atoms with Gasteiger partial charge in [-0.3, -0.25) is 9.78 Å². The number of carbonyl (C=O) groups is 1. The summed E-state index contributed by atoms with van der Waals surface area (Å²) in [6.45, 7) is 6.89. The summed E-state index contributed by atoms with van der Waals surface area (Å²) in [4.78, 5) is 21.3. The van der Waals surface area contributed by atoms with Gasteiger partial charge >= 0.3 is 0 Å². The van der Waals surface area contributed by atoms with Crippen LogP contribution in [0.4, 0.5) is 5.69 Å². The third kappa shape index (κ3) is 3.20. The fourth-order valence-corrected chi connectivity index (χ4v) is 3.08. The Labute approximate surface area is 142 Å². The normalized spacial score (nSPS) is 15.4. The summed E-state index contributed by atoms with van der Waals surface area (Å²) in [5.41, 5.74) is 1.44. The van der Waals surface area contributed by atoms with Gasteiger partial charge in [0.1, 0.15) is 5.75 Å². The third-order valence-corrected chi connectivity index (χ3v) is 4.70. The number of hydrogen-bond acceptors (Lipinski definition) is 4. The van der Waals surface area contributed by atoms with Gasteiger partial charge in [-0.2, -0.15) is 0 Å². The Kier molecular flexibility index (Phi) is 4.42. The summed E-state index contributed by atoms with van der Waals surface area (Å²) in [6.07, 6.45) is 3.49. The van der Waals surface area contributed by atoms with E-state index in [-0.39, 0.29) is 11.7 Å². The molecule has 0 unspecified atom stereocenters. The molecular formula is C19H23N3O2. The third-order valence-electron chi connectivity index (χ3n) is 4.70. The Bertz CT molecular complexity index is 690. The van der Waals surface area contributed by atoms with Crippen LogP contribution in [-0.4, -0.2) is 47.1 Å². The lowest BCUT2D eigenvalue weighted by Gasteiger charge is -2.39. The van der Waals surface area contributed by atoms with Gasteiger partial charge in [0.25, 0.3) is 0 Å². The molecule has 1 saturated heterocycles. The number of benzene rings is 1. The van der Waals surface area contributed by atoms with Crippen LogP contribution in [0.3, 0.4) is 0 Å². The zero-order chi connectivity index (χ0) is 17.2. The van der Waals surface area contributed by atoms with Crippen LogP contribution in [0.15, 0.2) is 48.8 Å². The Morgan fingerprint density at radius 3 is 2.33 bits per heavy atom. The van der Waals surface area contributed by atoms with Gasteiger partial charge < -0.3 is 14.9 Å². The van der Waals surface area contributed by atoms with Crippen LogP contribution in [0.1, 0.15) is 19.4 Å². The predicted octanol–water partition coefficient (Wildman–Crippen LogP) is 2.41. The second kappa shape index (κ2) is 6.51. The maximum Gasteiger partial charge on any atom is 0.232 e. The van der Waals surface area contributed by atoms with Gasteiger partial charge in [0.15, 0.2) is 0 Å². The molecule has 1 aromatic heterocycles. The van der Waals surface area contributed by atoms with Crippen LogP contribution in [0.25, 0.3) is 0 Å². The zero-order valence-electron chi connectivity index (χ0n) is 14.1. The lowest BCUT2D eigenvalue weighted by atomic mass is 9.84. The number of rotatable bonds is 3. The fourth-order valence-electron chi connectivity index (χ4n) is 3.08. The van der Waals surface area contributed by atoms with Crippen molar-refractivity contribution < 1.29 is 9.90 Å². The number of piperazine rings is 1. The van der Waals surface area contributed by atoms with Crippen molar-refractivity contribution in [2.75, 3.05) is 31.1 Å². The molecule has 5 nitrogen and oxygen atoms in total. The molecule has 126 valence electrons. The van der Waals surface area contributed by atoms with E-state index in [4.69, 9.17) is 0 Å². The number of carbonyl (C=O) groups excluding carboxylic acids is 1. The van der Waals surface area contributed by atoms with E-state index in [9.17, 15) is 9.90 Å². The van der Waals surface area contributed by atoms with Gasteiger partial charge in [-0.1, -0.05) is 6.07 Å². The number of aromatic hydroxyl groups is 1. The van der Waals surface area contributed by atoms with E-state index in [1.807, 2.05) is 43.0 Å². The highest BCUT2D eigenvalue weighted by Gasteiger charge is 2.35. The van der Waals surface area contributed by atoms with Crippen molar-refractivity contribution in [1.82, 2.24) is 9.88 Å². The summed E-state index contributed by atoms with van der Waals surface area (Å²) < 4.78 is 0. The smallest absolute Gasteiger partial charge is 0.232 e. The Balaban J connectivity index is 1.66. The summed E-state index contributed by atoms with van der Waals surface area (Å²) in [5.74, 6) is 0.409. The molecule has 0 spiro atoms. The molecule has 1 aliphatic rings. The van der Waals surface area contributed by atoms with E-state index in [1.165, 1.54) is 0 Å². The van der Waals surface area contributed by atoms with E-state index in [2.05, 4.69) is 9.88 Å². The molecule has 2 heterocycles. The van der Waals surface area contributed by atoms with Crippen molar-refractivity contribution in [3.63, 3.8) is 0 Å². The molecular weight excluding hydrogens is 302 g/mol. The van der Waals surface area contributed by atoms with Crippen molar-refractivity contribution >= 4 is 11.6 Å². The maximum atomic E-state index is 13.0. The minimum Gasteiger partial charge on any atom is -0.508 e. The molecule has 0 atom stereocenters. The number of hydrogen-bond donors (Lipinski definition) is 1.